The average Bonchev–Trinajstić information content (AvgIpc) is 1.85. The van der Waals surface area contributed by atoms with Gasteiger partial charge in [0.2, 0.25) is 0 Å². The van der Waals surface area contributed by atoms with Crippen molar-refractivity contribution in [3.63, 3.8) is 0 Å². The first-order chi connectivity index (χ1) is 4.54. The number of ether oxygens (including phenoxy) is 2. The van der Waals surface area contributed by atoms with Gasteiger partial charge in [-0.05, 0) is 6.92 Å². The summed E-state index contributed by atoms with van der Waals surface area (Å²) in [6, 6.07) is 0. The van der Waals surface area contributed by atoms with E-state index in [2.05, 4.69) is 52.0 Å². The molecule has 0 radical (unpaired) electrons. The van der Waals surface area contributed by atoms with Gasteiger partial charge >= 0.3 is 50.8 Å². The molecule has 0 aromatic rings. The molecule has 68 valence electrons. The van der Waals surface area contributed by atoms with Gasteiger partial charge in [-0.1, -0.05) is 0 Å². The fourth-order valence-corrected chi connectivity index (χ4v) is 0.0962. The van der Waals surface area contributed by atoms with Crippen LogP contribution in [0.3, 0.4) is 0 Å². The molecule has 6 heteroatoms. The van der Waals surface area contributed by atoms with Crippen LogP contribution in [0.2, 0.25) is 0 Å². The van der Waals surface area contributed by atoms with Gasteiger partial charge in [0.05, 0.1) is 0 Å². The van der Waals surface area contributed by atoms with Crippen LogP contribution in [0.1, 0.15) is 6.92 Å². The summed E-state index contributed by atoms with van der Waals surface area (Å²) in [6.45, 7) is 1.83. The Bertz CT molecular complexity index is 57.7. The van der Waals surface area contributed by atoms with Crippen molar-refractivity contribution in [1.82, 2.24) is 0 Å². The van der Waals surface area contributed by atoms with Crippen molar-refractivity contribution in [2.24, 2.45) is 0 Å². The molecule has 0 atom stereocenters. The van der Waals surface area contributed by atoms with E-state index in [0.29, 0.717) is 0 Å². The molecule has 0 aromatic carbocycles. The van der Waals surface area contributed by atoms with Crippen LogP contribution in [-0.2, 0) is 17.8 Å². The molecular formula is C4H10Br3CoO2. The second kappa shape index (κ2) is 10.9. The predicted molar refractivity (Wildman–Crippen MR) is 50.3 cm³/mol. The quantitative estimate of drug-likeness (QED) is 0.677. The monoisotopic (exact) mass is 386 g/mol. The molecule has 0 aromatic heterocycles. The van der Waals surface area contributed by atoms with E-state index in [0.717, 1.165) is 0 Å². The summed E-state index contributed by atoms with van der Waals surface area (Å²) < 4.78 is 9.35. The van der Waals surface area contributed by atoms with Crippen LogP contribution in [0.15, 0.2) is 0 Å². The van der Waals surface area contributed by atoms with E-state index in [1.165, 1.54) is 0 Å². The Morgan fingerprint density at radius 3 is 1.30 bits per heavy atom. The van der Waals surface area contributed by atoms with E-state index in [-0.39, 0.29) is 14.6 Å². The molecule has 0 saturated heterocycles. The maximum absolute atomic E-state index is 4.68. The average molecular weight is 389 g/mol. The number of hydrogen-bond acceptors (Lipinski definition) is 2. The summed E-state index contributed by atoms with van der Waals surface area (Å²) in [7, 11) is 3.04. The predicted octanol–water partition coefficient (Wildman–Crippen LogP) is 3.16. The van der Waals surface area contributed by atoms with Gasteiger partial charge in [0.15, 0.2) is 6.29 Å². The molecule has 0 bridgehead atoms. The summed E-state index contributed by atoms with van der Waals surface area (Å²) >= 11 is 9.50. The summed E-state index contributed by atoms with van der Waals surface area (Å²) in [4.78, 5) is 0. The van der Waals surface area contributed by atoms with Gasteiger partial charge in [-0.15, -0.1) is 0 Å². The molecule has 0 unspecified atom stereocenters. The van der Waals surface area contributed by atoms with Gasteiger partial charge < -0.3 is 9.47 Å². The van der Waals surface area contributed by atoms with Crippen LogP contribution in [-0.4, -0.2) is 20.5 Å². The van der Waals surface area contributed by atoms with Crippen LogP contribution in [0, 0.1) is 0 Å². The van der Waals surface area contributed by atoms with Gasteiger partial charge in [-0.25, -0.2) is 0 Å². The van der Waals surface area contributed by atoms with Gasteiger partial charge in [0.25, 0.3) is 0 Å². The Labute approximate surface area is 87.0 Å². The van der Waals surface area contributed by atoms with Crippen molar-refractivity contribution in [1.29, 1.82) is 0 Å². The summed E-state index contributed by atoms with van der Waals surface area (Å²) in [6.07, 6.45) is -0.0648. The van der Waals surface area contributed by atoms with Crippen LogP contribution >= 0.6 is 42.5 Å². The van der Waals surface area contributed by atoms with Crippen molar-refractivity contribution in [2.75, 3.05) is 14.2 Å². The first-order valence-corrected chi connectivity index (χ1v) is 9.96. The van der Waals surface area contributed by atoms with E-state index in [1.807, 2.05) is 6.92 Å². The minimum atomic E-state index is -0.167. The molecule has 10 heavy (non-hydrogen) atoms. The topological polar surface area (TPSA) is 18.5 Å². The Hall–Kier alpha value is 1.87. The first kappa shape index (κ1) is 14.4. The molecule has 0 aliphatic rings. The van der Waals surface area contributed by atoms with E-state index >= 15 is 0 Å². The fraction of sp³-hybridized carbons (Fsp3) is 1.00. The third kappa shape index (κ3) is 22.5. The molecule has 0 aliphatic heterocycles. The Morgan fingerprint density at radius 2 is 1.30 bits per heavy atom. The molecule has 0 heterocycles. The standard InChI is InChI=1S/C4H10O2.3BrH.Co/c1-4(5-2)6-3;;;;/h4H,1-3H3;3*1H;/q;;;;+3/p-3. The zero-order valence-corrected chi connectivity index (χ0v) is 11.7. The van der Waals surface area contributed by atoms with Crippen molar-refractivity contribution in [3.05, 3.63) is 0 Å². The van der Waals surface area contributed by atoms with Gasteiger partial charge in [0, 0.05) is 14.2 Å². The van der Waals surface area contributed by atoms with Crippen molar-refractivity contribution in [3.8, 4) is 0 Å². The van der Waals surface area contributed by atoms with Crippen molar-refractivity contribution >= 4 is 42.5 Å². The fourth-order valence-electron chi connectivity index (χ4n) is 0.0962. The van der Waals surface area contributed by atoms with Crippen LogP contribution in [0.4, 0.5) is 0 Å². The Kier molecular flexibility index (Phi) is 15.6. The summed E-state index contributed by atoms with van der Waals surface area (Å²) in [5.41, 5.74) is 0. The molecule has 0 aliphatic carbocycles. The molecule has 2 nitrogen and oxygen atoms in total. The summed E-state index contributed by atoms with van der Waals surface area (Å²) in [5.74, 6) is 0. The molecule has 0 amide bonds. The molecule has 0 spiro atoms. The maximum atomic E-state index is 4.68. The number of halogens is 3. The minimum absolute atomic E-state index is 0.0648. The normalized spacial score (nSPS) is 10.5. The molecule has 0 fully saturated rings. The second-order valence-corrected chi connectivity index (χ2v) is 16.9. The van der Waals surface area contributed by atoms with Crippen LogP contribution in [0.5, 0.6) is 0 Å². The molecular weight excluding hydrogens is 379 g/mol. The van der Waals surface area contributed by atoms with Crippen LogP contribution < -0.4 is 0 Å². The number of hydrogen-bond donors (Lipinski definition) is 0. The Balaban J connectivity index is 0. The van der Waals surface area contributed by atoms with Gasteiger partial charge in [-0.3, -0.25) is 0 Å². The second-order valence-electron chi connectivity index (χ2n) is 1.18. The van der Waals surface area contributed by atoms with Gasteiger partial charge in [0.1, 0.15) is 0 Å². The number of rotatable bonds is 2. The van der Waals surface area contributed by atoms with Crippen molar-refractivity contribution < 1.29 is 17.8 Å². The zero-order chi connectivity index (χ0) is 8.57. The third-order valence-electron chi connectivity index (χ3n) is 0.664. The van der Waals surface area contributed by atoms with Gasteiger partial charge in [-0.2, -0.15) is 0 Å². The molecule has 0 N–H and O–H groups in total. The molecule has 0 saturated carbocycles. The summed E-state index contributed by atoms with van der Waals surface area (Å²) in [5, 5.41) is 0. The van der Waals surface area contributed by atoms with E-state index in [1.54, 1.807) is 14.2 Å². The van der Waals surface area contributed by atoms with Crippen LogP contribution in [0.25, 0.3) is 0 Å². The third-order valence-corrected chi connectivity index (χ3v) is 0.664. The zero-order valence-electron chi connectivity index (χ0n) is 5.86. The van der Waals surface area contributed by atoms with Crippen molar-refractivity contribution in [2.45, 2.75) is 13.2 Å². The first-order valence-electron chi connectivity index (χ1n) is 2.24. The van der Waals surface area contributed by atoms with E-state index < -0.39 is 0 Å². The SMILES string of the molecule is COC(C)OC.[Br][Co]([Br])[Br]. The molecule has 0 rings (SSSR count). The Morgan fingerprint density at radius 1 is 1.10 bits per heavy atom. The number of methoxy groups -OCH3 is 2. The van der Waals surface area contributed by atoms with E-state index in [4.69, 9.17) is 0 Å². The van der Waals surface area contributed by atoms with E-state index in [9.17, 15) is 0 Å².